The van der Waals surface area contributed by atoms with Crippen molar-refractivity contribution in [3.05, 3.63) is 59.7 Å². The summed E-state index contributed by atoms with van der Waals surface area (Å²) < 4.78 is 10.8. The van der Waals surface area contributed by atoms with Crippen LogP contribution in [0, 0.1) is 0 Å². The molecule has 0 aliphatic carbocycles. The zero-order valence-corrected chi connectivity index (χ0v) is 20.1. The predicted octanol–water partition coefficient (Wildman–Crippen LogP) is 3.29. The van der Waals surface area contributed by atoms with E-state index in [9.17, 15) is 14.4 Å². The topological polar surface area (TPSA) is 76.2 Å². The van der Waals surface area contributed by atoms with Gasteiger partial charge in [-0.2, -0.15) is 0 Å². The minimum atomic E-state index is -0.0758. The number of carbonyl (C=O) groups excluding carboxylic acids is 3. The molecule has 1 aliphatic heterocycles. The number of ether oxygens (including phenoxy) is 2. The van der Waals surface area contributed by atoms with Gasteiger partial charge in [0.15, 0.2) is 6.61 Å². The van der Waals surface area contributed by atoms with Crippen molar-refractivity contribution in [1.29, 1.82) is 0 Å². The lowest BCUT2D eigenvalue weighted by Crippen LogP contribution is -2.39. The van der Waals surface area contributed by atoms with Crippen molar-refractivity contribution in [2.45, 2.75) is 39.0 Å². The predicted molar refractivity (Wildman–Crippen MR) is 130 cm³/mol. The second-order valence-corrected chi connectivity index (χ2v) is 8.60. The molecule has 0 spiro atoms. The Morgan fingerprint density at radius 3 is 1.82 bits per heavy atom. The average Bonchev–Trinajstić information content (AvgIpc) is 3.12. The van der Waals surface area contributed by atoms with Crippen LogP contribution in [-0.4, -0.2) is 67.3 Å². The number of nitrogens with zero attached hydrogens (tertiary/aromatic N) is 2. The summed E-state index contributed by atoms with van der Waals surface area (Å²) in [4.78, 5) is 40.1. The van der Waals surface area contributed by atoms with Gasteiger partial charge in [-0.05, 0) is 61.6 Å². The standard InChI is InChI=1S/C27H34N2O5/c1-21(30)4-5-22-8-13-25(14-9-22)34-20-27(32)29-17-3-16-28(18-19-29)26(31)15-10-23-6-11-24(33-2)12-7-23/h6-9,11-14H,3-5,10,15-20H2,1-2H3. The lowest BCUT2D eigenvalue weighted by atomic mass is 10.1. The molecule has 0 atom stereocenters. The molecule has 2 aromatic rings. The summed E-state index contributed by atoms with van der Waals surface area (Å²) in [7, 11) is 1.63. The van der Waals surface area contributed by atoms with Crippen LogP contribution in [0.25, 0.3) is 0 Å². The zero-order valence-electron chi connectivity index (χ0n) is 20.1. The van der Waals surface area contributed by atoms with Crippen molar-refractivity contribution >= 4 is 17.6 Å². The first-order chi connectivity index (χ1) is 16.4. The Labute approximate surface area is 201 Å². The molecule has 34 heavy (non-hydrogen) atoms. The van der Waals surface area contributed by atoms with Gasteiger partial charge in [-0.3, -0.25) is 9.59 Å². The number of carbonyl (C=O) groups is 3. The smallest absolute Gasteiger partial charge is 0.260 e. The Kier molecular flexibility index (Phi) is 9.50. The molecule has 1 fully saturated rings. The summed E-state index contributed by atoms with van der Waals surface area (Å²) in [5, 5.41) is 0. The van der Waals surface area contributed by atoms with Crippen molar-refractivity contribution in [2.75, 3.05) is 39.9 Å². The number of benzene rings is 2. The first-order valence-corrected chi connectivity index (χ1v) is 11.8. The Hall–Kier alpha value is -3.35. The fourth-order valence-corrected chi connectivity index (χ4v) is 3.93. The van der Waals surface area contributed by atoms with Crippen LogP contribution in [0.2, 0.25) is 0 Å². The molecule has 1 heterocycles. The molecule has 1 saturated heterocycles. The minimum Gasteiger partial charge on any atom is -0.497 e. The van der Waals surface area contributed by atoms with Gasteiger partial charge in [0.25, 0.3) is 5.91 Å². The van der Waals surface area contributed by atoms with Crippen LogP contribution < -0.4 is 9.47 Å². The van der Waals surface area contributed by atoms with E-state index in [2.05, 4.69) is 0 Å². The second-order valence-electron chi connectivity index (χ2n) is 8.60. The lowest BCUT2D eigenvalue weighted by Gasteiger charge is -2.22. The molecule has 182 valence electrons. The van der Waals surface area contributed by atoms with Crippen LogP contribution in [0.4, 0.5) is 0 Å². The molecule has 1 aliphatic rings. The Bertz CT molecular complexity index is 956. The molecule has 0 N–H and O–H groups in total. The fourth-order valence-electron chi connectivity index (χ4n) is 3.93. The highest BCUT2D eigenvalue weighted by molar-refractivity contribution is 5.79. The van der Waals surface area contributed by atoms with Crippen molar-refractivity contribution in [1.82, 2.24) is 9.80 Å². The van der Waals surface area contributed by atoms with E-state index in [-0.39, 0.29) is 24.2 Å². The third-order valence-electron chi connectivity index (χ3n) is 6.04. The largest absolute Gasteiger partial charge is 0.497 e. The van der Waals surface area contributed by atoms with Crippen molar-refractivity contribution in [3.8, 4) is 11.5 Å². The number of methoxy groups -OCH3 is 1. The number of amides is 2. The molecule has 0 saturated carbocycles. The maximum Gasteiger partial charge on any atom is 0.260 e. The highest BCUT2D eigenvalue weighted by Gasteiger charge is 2.22. The van der Waals surface area contributed by atoms with E-state index in [0.717, 1.165) is 23.3 Å². The number of aryl methyl sites for hydroxylation is 2. The monoisotopic (exact) mass is 466 g/mol. The third-order valence-corrected chi connectivity index (χ3v) is 6.04. The summed E-state index contributed by atoms with van der Waals surface area (Å²) in [6.07, 6.45) is 3.12. The molecule has 0 radical (unpaired) electrons. The summed E-state index contributed by atoms with van der Waals surface area (Å²) in [5.74, 6) is 1.64. The first-order valence-electron chi connectivity index (χ1n) is 11.8. The quantitative estimate of drug-likeness (QED) is 0.537. The van der Waals surface area contributed by atoms with Gasteiger partial charge in [0.2, 0.25) is 5.91 Å². The van der Waals surface area contributed by atoms with Crippen molar-refractivity contribution in [3.63, 3.8) is 0 Å². The summed E-state index contributed by atoms with van der Waals surface area (Å²) in [6, 6.07) is 15.3. The van der Waals surface area contributed by atoms with Gasteiger partial charge in [0.1, 0.15) is 17.3 Å². The Balaban J connectivity index is 1.40. The van der Waals surface area contributed by atoms with Gasteiger partial charge < -0.3 is 24.1 Å². The Morgan fingerprint density at radius 1 is 0.735 bits per heavy atom. The normalized spacial score (nSPS) is 13.8. The van der Waals surface area contributed by atoms with Crippen LogP contribution in [0.5, 0.6) is 11.5 Å². The number of rotatable bonds is 10. The van der Waals surface area contributed by atoms with E-state index >= 15 is 0 Å². The molecular formula is C27H34N2O5. The number of hydrogen-bond acceptors (Lipinski definition) is 5. The summed E-state index contributed by atoms with van der Waals surface area (Å²) in [5.41, 5.74) is 2.17. The van der Waals surface area contributed by atoms with Crippen molar-refractivity contribution < 1.29 is 23.9 Å². The van der Waals surface area contributed by atoms with E-state index in [4.69, 9.17) is 9.47 Å². The van der Waals surface area contributed by atoms with Crippen LogP contribution in [0.1, 0.15) is 37.3 Å². The van der Waals surface area contributed by atoms with Gasteiger partial charge in [-0.15, -0.1) is 0 Å². The first kappa shape index (κ1) is 25.3. The molecule has 0 unspecified atom stereocenters. The Morgan fingerprint density at radius 2 is 1.26 bits per heavy atom. The maximum absolute atomic E-state index is 12.7. The van der Waals surface area contributed by atoms with Gasteiger partial charge in [0.05, 0.1) is 7.11 Å². The number of ketones is 1. The molecule has 0 aromatic heterocycles. The van der Waals surface area contributed by atoms with Gasteiger partial charge in [0, 0.05) is 39.0 Å². The van der Waals surface area contributed by atoms with E-state index < -0.39 is 0 Å². The zero-order chi connectivity index (χ0) is 24.3. The summed E-state index contributed by atoms with van der Waals surface area (Å²) >= 11 is 0. The number of hydrogen-bond donors (Lipinski definition) is 0. The van der Waals surface area contributed by atoms with E-state index in [1.165, 1.54) is 0 Å². The SMILES string of the molecule is COc1ccc(CCC(=O)N2CCCN(C(=O)COc3ccc(CCC(C)=O)cc3)CC2)cc1. The maximum atomic E-state index is 12.7. The van der Waals surface area contributed by atoms with Gasteiger partial charge >= 0.3 is 0 Å². The van der Waals surface area contributed by atoms with Crippen molar-refractivity contribution in [2.24, 2.45) is 0 Å². The van der Waals surface area contributed by atoms with Crippen LogP contribution >= 0.6 is 0 Å². The van der Waals surface area contributed by atoms with Crippen LogP contribution in [0.3, 0.4) is 0 Å². The van der Waals surface area contributed by atoms with E-state index in [1.54, 1.807) is 18.9 Å². The number of Topliss-reactive ketones (excluding diaryl/α,β-unsaturated/α-hetero) is 1. The highest BCUT2D eigenvalue weighted by atomic mass is 16.5. The second kappa shape index (κ2) is 12.8. The molecule has 0 bridgehead atoms. The average molecular weight is 467 g/mol. The minimum absolute atomic E-state index is 0.0296. The van der Waals surface area contributed by atoms with Gasteiger partial charge in [-0.25, -0.2) is 0 Å². The molecule has 2 aromatic carbocycles. The molecule has 2 amide bonds. The van der Waals surface area contributed by atoms with Crippen LogP contribution in [-0.2, 0) is 27.2 Å². The van der Waals surface area contributed by atoms with Gasteiger partial charge in [-0.1, -0.05) is 24.3 Å². The molecule has 3 rings (SSSR count). The fraction of sp³-hybridized carbons (Fsp3) is 0.444. The van der Waals surface area contributed by atoms with E-state index in [1.807, 2.05) is 53.4 Å². The van der Waals surface area contributed by atoms with Crippen LogP contribution in [0.15, 0.2) is 48.5 Å². The summed E-state index contributed by atoms with van der Waals surface area (Å²) in [6.45, 7) is 3.89. The lowest BCUT2D eigenvalue weighted by molar-refractivity contribution is -0.134. The molecule has 7 nitrogen and oxygen atoms in total. The molecular weight excluding hydrogens is 432 g/mol. The third kappa shape index (κ3) is 7.90. The highest BCUT2D eigenvalue weighted by Crippen LogP contribution is 2.15. The van der Waals surface area contributed by atoms with E-state index in [0.29, 0.717) is 57.6 Å². The molecule has 7 heteroatoms.